The molecule has 0 saturated heterocycles. The number of H-pyrrole nitrogens is 1. The van der Waals surface area contributed by atoms with Gasteiger partial charge in [0.25, 0.3) is 0 Å². The van der Waals surface area contributed by atoms with Crippen molar-refractivity contribution < 1.29 is 13.2 Å². The van der Waals surface area contributed by atoms with Crippen LogP contribution in [0.2, 0.25) is 0 Å². The molecule has 0 fully saturated rings. The summed E-state index contributed by atoms with van der Waals surface area (Å²) in [6, 6.07) is 4.83. The van der Waals surface area contributed by atoms with E-state index in [1.165, 1.54) is 12.5 Å². The predicted molar refractivity (Wildman–Crippen MR) is 82.0 cm³/mol. The van der Waals surface area contributed by atoms with E-state index in [4.69, 9.17) is 9.88 Å². The van der Waals surface area contributed by atoms with Gasteiger partial charge in [0.2, 0.25) is 15.9 Å². The number of nitrogens with one attached hydrogen (secondary N) is 1. The van der Waals surface area contributed by atoms with Crippen LogP contribution in [0.3, 0.4) is 0 Å². The molecule has 3 aromatic heterocycles. The van der Waals surface area contributed by atoms with E-state index >= 15 is 0 Å². The van der Waals surface area contributed by atoms with Crippen LogP contribution in [0.15, 0.2) is 30.7 Å². The van der Waals surface area contributed by atoms with Gasteiger partial charge < -0.3 is 9.72 Å². The topological polar surface area (TPSA) is 137 Å². The largest absolute Gasteiger partial charge is 0.478 e. The average Bonchev–Trinajstić information content (AvgIpc) is 2.94. The number of aromatic nitrogens is 5. The molecule has 120 valence electrons. The molecule has 0 amide bonds. The van der Waals surface area contributed by atoms with E-state index in [-0.39, 0.29) is 11.4 Å². The van der Waals surface area contributed by atoms with E-state index in [0.717, 1.165) is 0 Å². The Balaban J connectivity index is 2.13. The molecule has 0 radical (unpaired) electrons. The molecule has 0 aliphatic heterocycles. The normalized spacial score (nSPS) is 13.1. The van der Waals surface area contributed by atoms with Gasteiger partial charge in [-0.2, -0.15) is 0 Å². The first-order valence-electron chi connectivity index (χ1n) is 6.76. The van der Waals surface area contributed by atoms with E-state index in [1.807, 2.05) is 6.92 Å². The molecule has 3 N–H and O–H groups in total. The maximum absolute atomic E-state index is 12.1. The maximum Gasteiger partial charge on any atom is 0.223 e. The molecule has 0 aromatic carbocycles. The van der Waals surface area contributed by atoms with Gasteiger partial charge in [-0.3, -0.25) is 0 Å². The van der Waals surface area contributed by atoms with E-state index in [2.05, 4.69) is 24.9 Å². The number of pyridine rings is 1. The fourth-order valence-corrected chi connectivity index (χ4v) is 3.08. The Morgan fingerprint density at radius 1 is 1.26 bits per heavy atom. The molecule has 1 atom stereocenters. The fraction of sp³-hybridized carbons (Fsp3) is 0.231. The minimum Gasteiger partial charge on any atom is -0.478 e. The summed E-state index contributed by atoms with van der Waals surface area (Å²) in [5.74, 6) is 0.314. The average molecular weight is 334 g/mol. The van der Waals surface area contributed by atoms with Crippen LogP contribution in [0.25, 0.3) is 11.3 Å². The molecule has 23 heavy (non-hydrogen) atoms. The highest BCUT2D eigenvalue weighted by atomic mass is 32.2. The molecule has 0 bridgehead atoms. The van der Waals surface area contributed by atoms with Gasteiger partial charge in [-0.05, 0) is 13.0 Å². The molecule has 9 nitrogen and oxygen atoms in total. The third kappa shape index (κ3) is 3.12. The first-order valence-corrected chi connectivity index (χ1v) is 8.37. The van der Waals surface area contributed by atoms with E-state index in [1.54, 1.807) is 18.2 Å². The van der Waals surface area contributed by atoms with Crippen molar-refractivity contribution in [1.82, 2.24) is 24.9 Å². The highest BCUT2D eigenvalue weighted by Gasteiger charge is 2.29. The molecule has 0 saturated carbocycles. The first kappa shape index (κ1) is 15.3. The molecule has 1 unspecified atom stereocenters. The Kier molecular flexibility index (Phi) is 3.92. The number of imidazole rings is 1. The van der Waals surface area contributed by atoms with Crippen LogP contribution in [0.1, 0.15) is 23.6 Å². The summed E-state index contributed by atoms with van der Waals surface area (Å²) in [7, 11) is -4.01. The fourth-order valence-electron chi connectivity index (χ4n) is 2.16. The van der Waals surface area contributed by atoms with Gasteiger partial charge in [0, 0.05) is 6.07 Å². The van der Waals surface area contributed by atoms with Gasteiger partial charge in [0.15, 0.2) is 16.5 Å². The zero-order valence-electron chi connectivity index (χ0n) is 12.2. The van der Waals surface area contributed by atoms with Gasteiger partial charge >= 0.3 is 0 Å². The van der Waals surface area contributed by atoms with Crippen LogP contribution in [0.5, 0.6) is 5.88 Å². The number of fused-ring (bicyclic) bond motifs is 1. The molecular formula is C13H14N6O3S. The van der Waals surface area contributed by atoms with Crippen LogP contribution in [-0.4, -0.2) is 39.9 Å². The van der Waals surface area contributed by atoms with Crippen molar-refractivity contribution in [2.75, 3.05) is 6.61 Å². The summed E-state index contributed by atoms with van der Waals surface area (Å²) in [4.78, 5) is 19.2. The van der Waals surface area contributed by atoms with Gasteiger partial charge in [-0.15, -0.1) is 0 Å². The first-order chi connectivity index (χ1) is 11.0. The number of hydrogen-bond acceptors (Lipinski definition) is 7. The molecule has 3 heterocycles. The van der Waals surface area contributed by atoms with Crippen molar-refractivity contribution in [3.63, 3.8) is 0 Å². The highest BCUT2D eigenvalue weighted by Crippen LogP contribution is 2.27. The minimum atomic E-state index is -4.01. The van der Waals surface area contributed by atoms with Crippen LogP contribution in [-0.2, 0) is 10.0 Å². The van der Waals surface area contributed by atoms with Crippen molar-refractivity contribution >= 4 is 21.3 Å². The number of hydrogen-bond donors (Lipinski definition) is 2. The lowest BCUT2D eigenvalue weighted by Crippen LogP contribution is -2.24. The highest BCUT2D eigenvalue weighted by molar-refractivity contribution is 7.89. The summed E-state index contributed by atoms with van der Waals surface area (Å²) in [5.41, 5.74) is 1.13. The minimum absolute atomic E-state index is 0.158. The second-order valence-electron chi connectivity index (χ2n) is 4.67. The number of ether oxygens (including phenoxy) is 1. The molecule has 3 rings (SSSR count). The second kappa shape index (κ2) is 5.89. The van der Waals surface area contributed by atoms with Crippen LogP contribution in [0, 0.1) is 0 Å². The van der Waals surface area contributed by atoms with Crippen molar-refractivity contribution in [2.24, 2.45) is 5.14 Å². The number of aromatic amines is 1. The lowest BCUT2D eigenvalue weighted by Gasteiger charge is -2.14. The van der Waals surface area contributed by atoms with E-state index in [0.29, 0.717) is 23.8 Å². The molecule has 0 aliphatic carbocycles. The Hall–Kier alpha value is -2.59. The number of nitrogens with two attached hydrogens (primary N) is 1. The molecule has 10 heteroatoms. The van der Waals surface area contributed by atoms with Gasteiger partial charge in [0.05, 0.1) is 30.5 Å². The lowest BCUT2D eigenvalue weighted by atomic mass is 10.2. The van der Waals surface area contributed by atoms with Crippen molar-refractivity contribution in [3.8, 4) is 5.88 Å². The predicted octanol–water partition coefficient (Wildman–Crippen LogP) is 0.524. The Morgan fingerprint density at radius 2 is 2.09 bits per heavy atom. The Bertz CT molecular complexity index is 940. The van der Waals surface area contributed by atoms with Crippen molar-refractivity contribution in [1.29, 1.82) is 0 Å². The van der Waals surface area contributed by atoms with Crippen molar-refractivity contribution in [2.45, 2.75) is 12.2 Å². The summed E-state index contributed by atoms with van der Waals surface area (Å²) in [5, 5.41) is 4.14. The summed E-state index contributed by atoms with van der Waals surface area (Å²) in [6.45, 7) is 2.22. The molecule has 0 aliphatic rings. The Morgan fingerprint density at radius 3 is 2.83 bits per heavy atom. The maximum atomic E-state index is 12.1. The summed E-state index contributed by atoms with van der Waals surface area (Å²) in [6.07, 6.45) is 2.75. The van der Waals surface area contributed by atoms with E-state index in [9.17, 15) is 8.42 Å². The SMILES string of the molecule is CCOc1cccc(C(c2cnc3nc[nH]c3n2)S(N)(=O)=O)n1. The number of rotatable bonds is 5. The van der Waals surface area contributed by atoms with Gasteiger partial charge in [-0.25, -0.2) is 33.5 Å². The Labute approximate surface area is 132 Å². The number of primary sulfonamides is 1. The molecule has 0 spiro atoms. The third-order valence-electron chi connectivity index (χ3n) is 3.06. The monoisotopic (exact) mass is 334 g/mol. The molecule has 3 aromatic rings. The molecular weight excluding hydrogens is 320 g/mol. The zero-order chi connectivity index (χ0) is 16.4. The van der Waals surface area contributed by atoms with Crippen LogP contribution in [0.4, 0.5) is 0 Å². The van der Waals surface area contributed by atoms with Crippen LogP contribution < -0.4 is 9.88 Å². The second-order valence-corrected chi connectivity index (χ2v) is 6.32. The van der Waals surface area contributed by atoms with E-state index < -0.39 is 15.3 Å². The standard InChI is InChI=1S/C13H14N6O3S/c1-2-22-10-5-3-4-8(18-10)11(23(14,20)21)9-6-15-12-13(19-9)17-7-16-12/h3-7,11H,2H2,1H3,(H2,14,20,21)(H,15,16,17,19). The third-order valence-corrected chi connectivity index (χ3v) is 4.20. The number of nitrogens with zero attached hydrogens (tertiary/aromatic N) is 4. The smallest absolute Gasteiger partial charge is 0.223 e. The van der Waals surface area contributed by atoms with Gasteiger partial charge in [-0.1, -0.05) is 6.07 Å². The summed E-state index contributed by atoms with van der Waals surface area (Å²) < 4.78 is 29.5. The quantitative estimate of drug-likeness (QED) is 0.694. The van der Waals surface area contributed by atoms with Crippen LogP contribution >= 0.6 is 0 Å². The van der Waals surface area contributed by atoms with Gasteiger partial charge in [0.1, 0.15) is 0 Å². The van der Waals surface area contributed by atoms with Crippen molar-refractivity contribution in [3.05, 3.63) is 42.1 Å². The summed E-state index contributed by atoms with van der Waals surface area (Å²) >= 11 is 0. The zero-order valence-corrected chi connectivity index (χ0v) is 13.0. The number of sulfonamides is 1. The lowest BCUT2D eigenvalue weighted by molar-refractivity contribution is 0.326.